The third kappa shape index (κ3) is 5.44. The van der Waals surface area contributed by atoms with Crippen molar-refractivity contribution in [1.29, 1.82) is 0 Å². The van der Waals surface area contributed by atoms with Gasteiger partial charge < -0.3 is 15.2 Å². The number of rotatable bonds is 7. The Balaban J connectivity index is 2.26. The average Bonchev–Trinajstić information content (AvgIpc) is 2.73. The minimum Gasteiger partial charge on any atom is -0.391 e. The number of ether oxygens (including phenoxy) is 1. The average molecular weight is 272 g/mol. The van der Waals surface area contributed by atoms with E-state index >= 15 is 0 Å². The summed E-state index contributed by atoms with van der Waals surface area (Å²) < 4.78 is 4.87. The lowest BCUT2D eigenvalue weighted by Gasteiger charge is -2.13. The maximum atomic E-state index is 9.48. The Bertz CT molecular complexity index is 347. The van der Waals surface area contributed by atoms with Crippen LogP contribution in [0, 0.1) is 0 Å². The van der Waals surface area contributed by atoms with Crippen LogP contribution in [0.1, 0.15) is 37.9 Å². The lowest BCUT2D eigenvalue weighted by molar-refractivity contribution is 0.0594. The first-order chi connectivity index (χ1) is 8.43. The van der Waals surface area contributed by atoms with Gasteiger partial charge in [0.25, 0.3) is 0 Å². The van der Waals surface area contributed by atoms with Crippen LogP contribution in [0.4, 0.5) is 0 Å². The zero-order chi connectivity index (χ0) is 13.6. The lowest BCUT2D eigenvalue weighted by Crippen LogP contribution is -2.23. The van der Waals surface area contributed by atoms with E-state index in [0.717, 1.165) is 18.8 Å². The van der Waals surface area contributed by atoms with Crippen molar-refractivity contribution < 1.29 is 9.84 Å². The van der Waals surface area contributed by atoms with Gasteiger partial charge in [0, 0.05) is 24.4 Å². The zero-order valence-corrected chi connectivity index (χ0v) is 12.5. The van der Waals surface area contributed by atoms with E-state index < -0.39 is 0 Å². The first kappa shape index (κ1) is 15.6. The molecule has 0 radical (unpaired) electrons. The fourth-order valence-electron chi connectivity index (χ4n) is 1.49. The summed E-state index contributed by atoms with van der Waals surface area (Å²) in [5.74, 6) is 0. The summed E-state index contributed by atoms with van der Waals surface area (Å²) in [6.45, 7) is 8.43. The SMILES string of the molecule is COCC(O)CCNCc1csc(C(C)(C)C)n1. The monoisotopic (exact) mass is 272 g/mol. The topological polar surface area (TPSA) is 54.4 Å². The van der Waals surface area contributed by atoms with Crippen LogP contribution in [0.15, 0.2) is 5.38 Å². The van der Waals surface area contributed by atoms with Crippen LogP contribution in [-0.2, 0) is 16.7 Å². The second-order valence-corrected chi connectivity index (χ2v) is 6.33. The molecule has 0 aliphatic rings. The molecule has 1 atom stereocenters. The van der Waals surface area contributed by atoms with Gasteiger partial charge in [0.05, 0.1) is 23.4 Å². The van der Waals surface area contributed by atoms with Gasteiger partial charge >= 0.3 is 0 Å². The lowest BCUT2D eigenvalue weighted by atomic mass is 9.98. The summed E-state index contributed by atoms with van der Waals surface area (Å²) in [7, 11) is 1.60. The van der Waals surface area contributed by atoms with Crippen LogP contribution in [0.3, 0.4) is 0 Å². The van der Waals surface area contributed by atoms with Gasteiger partial charge in [-0.05, 0) is 13.0 Å². The molecule has 5 heteroatoms. The van der Waals surface area contributed by atoms with E-state index in [9.17, 15) is 5.11 Å². The molecule has 0 amide bonds. The fraction of sp³-hybridized carbons (Fsp3) is 0.769. The largest absolute Gasteiger partial charge is 0.391 e. The van der Waals surface area contributed by atoms with Gasteiger partial charge in [-0.25, -0.2) is 4.98 Å². The van der Waals surface area contributed by atoms with Gasteiger partial charge in [0.2, 0.25) is 0 Å². The van der Waals surface area contributed by atoms with Crippen molar-refractivity contribution in [2.24, 2.45) is 0 Å². The van der Waals surface area contributed by atoms with Crippen molar-refractivity contribution in [3.8, 4) is 0 Å². The van der Waals surface area contributed by atoms with E-state index in [0.29, 0.717) is 13.0 Å². The number of aromatic nitrogens is 1. The maximum Gasteiger partial charge on any atom is 0.0982 e. The number of aliphatic hydroxyl groups is 1. The van der Waals surface area contributed by atoms with E-state index in [1.807, 2.05) is 0 Å². The Kier molecular flexibility index (Phi) is 6.21. The highest BCUT2D eigenvalue weighted by Crippen LogP contribution is 2.25. The molecule has 1 unspecified atom stereocenters. The quantitative estimate of drug-likeness (QED) is 0.745. The van der Waals surface area contributed by atoms with Gasteiger partial charge in [0.15, 0.2) is 0 Å². The first-order valence-electron chi connectivity index (χ1n) is 6.26. The van der Waals surface area contributed by atoms with Crippen LogP contribution in [-0.4, -0.2) is 36.5 Å². The second kappa shape index (κ2) is 7.19. The molecule has 0 aliphatic heterocycles. The summed E-state index contributed by atoms with van der Waals surface area (Å²) in [6.07, 6.45) is 0.312. The molecule has 1 heterocycles. The zero-order valence-electron chi connectivity index (χ0n) is 11.7. The molecular weight excluding hydrogens is 248 g/mol. The number of hydrogen-bond donors (Lipinski definition) is 2. The summed E-state index contributed by atoms with van der Waals surface area (Å²) in [6, 6.07) is 0. The number of nitrogens with one attached hydrogen (secondary N) is 1. The Morgan fingerprint density at radius 2 is 2.22 bits per heavy atom. The van der Waals surface area contributed by atoms with E-state index in [1.54, 1.807) is 18.4 Å². The van der Waals surface area contributed by atoms with E-state index in [-0.39, 0.29) is 11.5 Å². The van der Waals surface area contributed by atoms with E-state index in [4.69, 9.17) is 4.74 Å². The minimum atomic E-state index is -0.386. The van der Waals surface area contributed by atoms with Crippen LogP contribution >= 0.6 is 11.3 Å². The van der Waals surface area contributed by atoms with Crippen molar-refractivity contribution in [1.82, 2.24) is 10.3 Å². The molecule has 104 valence electrons. The number of aliphatic hydroxyl groups excluding tert-OH is 1. The van der Waals surface area contributed by atoms with Gasteiger partial charge in [0.1, 0.15) is 0 Å². The molecule has 1 aromatic rings. The van der Waals surface area contributed by atoms with Crippen molar-refractivity contribution in [3.05, 3.63) is 16.1 Å². The molecule has 1 aromatic heterocycles. The van der Waals surface area contributed by atoms with Crippen molar-refractivity contribution in [3.63, 3.8) is 0 Å². The molecule has 0 bridgehead atoms. The molecule has 1 rings (SSSR count). The van der Waals surface area contributed by atoms with Gasteiger partial charge in [-0.3, -0.25) is 0 Å². The predicted molar refractivity (Wildman–Crippen MR) is 75.0 cm³/mol. The standard InChI is InChI=1S/C13H24N2O2S/c1-13(2,3)12-15-10(9-18-12)7-14-6-5-11(16)8-17-4/h9,11,14,16H,5-8H2,1-4H3. The summed E-state index contributed by atoms with van der Waals surface area (Å²) in [4.78, 5) is 4.60. The summed E-state index contributed by atoms with van der Waals surface area (Å²) >= 11 is 1.71. The smallest absolute Gasteiger partial charge is 0.0982 e. The maximum absolute atomic E-state index is 9.48. The molecule has 0 saturated heterocycles. The molecule has 0 aliphatic carbocycles. The minimum absolute atomic E-state index is 0.123. The normalized spacial score (nSPS) is 13.8. The second-order valence-electron chi connectivity index (χ2n) is 5.47. The highest BCUT2D eigenvalue weighted by atomic mass is 32.1. The van der Waals surface area contributed by atoms with Gasteiger partial charge in [-0.2, -0.15) is 0 Å². The Morgan fingerprint density at radius 1 is 1.50 bits per heavy atom. The van der Waals surface area contributed by atoms with Crippen molar-refractivity contribution in [2.75, 3.05) is 20.3 Å². The summed E-state index contributed by atoms with van der Waals surface area (Å²) in [5, 5.41) is 16.0. The van der Waals surface area contributed by atoms with Crippen molar-refractivity contribution in [2.45, 2.75) is 45.3 Å². The van der Waals surface area contributed by atoms with E-state index in [1.165, 1.54) is 5.01 Å². The summed E-state index contributed by atoms with van der Waals surface area (Å²) in [5.41, 5.74) is 1.20. The highest BCUT2D eigenvalue weighted by molar-refractivity contribution is 7.09. The Morgan fingerprint density at radius 3 is 2.78 bits per heavy atom. The molecular formula is C13H24N2O2S. The predicted octanol–water partition coefficient (Wildman–Crippen LogP) is 1.93. The highest BCUT2D eigenvalue weighted by Gasteiger charge is 2.17. The number of methoxy groups -OCH3 is 1. The molecule has 2 N–H and O–H groups in total. The molecule has 0 saturated carbocycles. The third-order valence-corrected chi connectivity index (χ3v) is 3.83. The first-order valence-corrected chi connectivity index (χ1v) is 7.14. The van der Waals surface area contributed by atoms with Crippen LogP contribution in [0.2, 0.25) is 0 Å². The number of thiazole rings is 1. The molecule has 4 nitrogen and oxygen atoms in total. The third-order valence-electron chi connectivity index (χ3n) is 2.51. The molecule has 18 heavy (non-hydrogen) atoms. The molecule has 0 fully saturated rings. The molecule has 0 aromatic carbocycles. The van der Waals surface area contributed by atoms with Gasteiger partial charge in [-0.1, -0.05) is 20.8 Å². The number of nitrogens with zero attached hydrogens (tertiary/aromatic N) is 1. The fourth-order valence-corrected chi connectivity index (χ4v) is 2.40. The van der Waals surface area contributed by atoms with Crippen LogP contribution in [0.5, 0.6) is 0 Å². The Labute approximate surface area is 113 Å². The van der Waals surface area contributed by atoms with Gasteiger partial charge in [-0.15, -0.1) is 11.3 Å². The van der Waals surface area contributed by atoms with E-state index in [2.05, 4.69) is 36.5 Å². The number of hydrogen-bond acceptors (Lipinski definition) is 5. The Hall–Kier alpha value is -0.490. The van der Waals surface area contributed by atoms with Crippen LogP contribution < -0.4 is 5.32 Å². The van der Waals surface area contributed by atoms with Crippen molar-refractivity contribution >= 4 is 11.3 Å². The molecule has 0 spiro atoms. The van der Waals surface area contributed by atoms with Crippen LogP contribution in [0.25, 0.3) is 0 Å².